The molecular weight excluding hydrogens is 310 g/mol. The fourth-order valence-electron chi connectivity index (χ4n) is 1.58. The molecule has 9 heteroatoms. The smallest absolute Gasteiger partial charge is 0.281 e. The number of aryl methyl sites for hydroxylation is 1. The fourth-order valence-corrected chi connectivity index (χ4v) is 3.07. The molecule has 4 N–H and O–H groups in total. The predicted octanol–water partition coefficient (Wildman–Crippen LogP) is 1.23. The van der Waals surface area contributed by atoms with Crippen molar-refractivity contribution >= 4 is 39.6 Å². The van der Waals surface area contributed by atoms with Crippen molar-refractivity contribution in [1.29, 1.82) is 0 Å². The Morgan fingerprint density at radius 2 is 2.05 bits per heavy atom. The van der Waals surface area contributed by atoms with E-state index in [2.05, 4.69) is 20.8 Å². The molecule has 0 aliphatic carbocycles. The zero-order chi connectivity index (χ0) is 15.6. The average molecular weight is 325 g/mol. The number of thiazole rings is 2. The minimum atomic E-state index is -0.830. The van der Waals surface area contributed by atoms with Gasteiger partial charge in [0.15, 0.2) is 5.13 Å². The summed E-state index contributed by atoms with van der Waals surface area (Å²) in [6.07, 6.45) is 1.64. The second-order valence-corrected chi connectivity index (χ2v) is 6.76. The Morgan fingerprint density at radius 1 is 1.33 bits per heavy atom. The number of carbonyl (C=O) groups excluding carboxylic acids is 2. The summed E-state index contributed by atoms with van der Waals surface area (Å²) in [6.45, 7) is 5.16. The summed E-state index contributed by atoms with van der Waals surface area (Å²) < 4.78 is 0. The molecule has 2 aromatic rings. The topological polar surface area (TPSA) is 110 Å². The molecule has 2 aromatic heterocycles. The molecule has 0 atom stereocenters. The van der Waals surface area contributed by atoms with Gasteiger partial charge in [-0.2, -0.15) is 0 Å². The van der Waals surface area contributed by atoms with Crippen LogP contribution in [0.25, 0.3) is 0 Å². The minimum absolute atomic E-state index is 0.312. The third kappa shape index (κ3) is 3.19. The van der Waals surface area contributed by atoms with Crippen molar-refractivity contribution in [2.45, 2.75) is 26.2 Å². The van der Waals surface area contributed by atoms with Crippen LogP contribution in [0, 0.1) is 6.92 Å². The van der Waals surface area contributed by atoms with Crippen molar-refractivity contribution in [1.82, 2.24) is 20.8 Å². The number of hydrazine groups is 1. The molecule has 7 nitrogen and oxygen atoms in total. The Labute approximate surface area is 129 Å². The Hall–Kier alpha value is -2.00. The molecular formula is C12H15N5O2S2. The van der Waals surface area contributed by atoms with Gasteiger partial charge in [-0.25, -0.2) is 9.97 Å². The van der Waals surface area contributed by atoms with E-state index in [1.165, 1.54) is 11.3 Å². The lowest BCUT2D eigenvalue weighted by atomic mass is 9.94. The van der Waals surface area contributed by atoms with E-state index in [1.807, 2.05) is 0 Å². The first-order chi connectivity index (χ1) is 9.82. The van der Waals surface area contributed by atoms with Gasteiger partial charge in [-0.15, -0.1) is 11.3 Å². The molecule has 112 valence electrons. The quantitative estimate of drug-likeness (QED) is 0.735. The summed E-state index contributed by atoms with van der Waals surface area (Å²) in [5.74, 6) is -0.786. The molecule has 0 unspecified atom stereocenters. The van der Waals surface area contributed by atoms with Gasteiger partial charge in [0, 0.05) is 11.6 Å². The lowest BCUT2D eigenvalue weighted by Crippen LogP contribution is -2.49. The van der Waals surface area contributed by atoms with Gasteiger partial charge in [0.25, 0.3) is 11.8 Å². The predicted molar refractivity (Wildman–Crippen MR) is 82.0 cm³/mol. The maximum Gasteiger partial charge on any atom is 0.281 e. The van der Waals surface area contributed by atoms with Crippen molar-refractivity contribution in [3.8, 4) is 0 Å². The first-order valence-corrected chi connectivity index (χ1v) is 7.75. The SMILES string of the molecule is Cc1nc(N)sc1C(=O)NNC(=O)C(C)(C)c1nccs1. The molecule has 0 radical (unpaired) electrons. The first kappa shape index (κ1) is 15.4. The third-order valence-electron chi connectivity index (χ3n) is 2.84. The summed E-state index contributed by atoms with van der Waals surface area (Å²) in [6, 6.07) is 0. The highest BCUT2D eigenvalue weighted by molar-refractivity contribution is 7.17. The molecule has 0 bridgehead atoms. The second kappa shape index (κ2) is 5.78. The van der Waals surface area contributed by atoms with Gasteiger partial charge in [0.2, 0.25) is 0 Å². The molecule has 2 amide bonds. The lowest BCUT2D eigenvalue weighted by molar-refractivity contribution is -0.126. The number of hydrogen-bond donors (Lipinski definition) is 3. The van der Waals surface area contributed by atoms with Gasteiger partial charge in [-0.1, -0.05) is 11.3 Å². The highest BCUT2D eigenvalue weighted by Crippen LogP contribution is 2.25. The van der Waals surface area contributed by atoms with Crippen LogP contribution in [0.3, 0.4) is 0 Å². The van der Waals surface area contributed by atoms with Crippen molar-refractivity contribution in [2.75, 3.05) is 5.73 Å². The summed E-state index contributed by atoms with van der Waals surface area (Å²) in [5, 5.41) is 2.78. The number of nitrogens with zero attached hydrogens (tertiary/aromatic N) is 2. The Kier molecular flexibility index (Phi) is 4.24. The molecule has 0 spiro atoms. The Bertz CT molecular complexity index is 663. The largest absolute Gasteiger partial charge is 0.375 e. The standard InChI is InChI=1S/C12H15N5O2S2/c1-6-7(21-11(13)15-6)8(18)16-17-9(19)12(2,3)10-14-4-5-20-10/h4-5H,1-3H3,(H2,13,15)(H,16,18)(H,17,19). The van der Waals surface area contributed by atoms with Crippen molar-refractivity contribution in [2.24, 2.45) is 0 Å². The number of amides is 2. The van der Waals surface area contributed by atoms with Crippen LogP contribution in [0.15, 0.2) is 11.6 Å². The summed E-state index contributed by atoms with van der Waals surface area (Å²) in [7, 11) is 0. The molecule has 0 saturated carbocycles. The van der Waals surface area contributed by atoms with Crippen LogP contribution in [-0.4, -0.2) is 21.8 Å². The van der Waals surface area contributed by atoms with Crippen molar-refractivity contribution in [3.63, 3.8) is 0 Å². The number of nitrogens with one attached hydrogen (secondary N) is 2. The highest BCUT2D eigenvalue weighted by atomic mass is 32.1. The van der Waals surface area contributed by atoms with Gasteiger partial charge in [-0.3, -0.25) is 20.4 Å². The summed E-state index contributed by atoms with van der Waals surface area (Å²) in [4.78, 5) is 32.6. The molecule has 0 aliphatic rings. The zero-order valence-electron chi connectivity index (χ0n) is 11.8. The van der Waals surface area contributed by atoms with Crippen LogP contribution in [0.4, 0.5) is 5.13 Å². The maximum atomic E-state index is 12.2. The Morgan fingerprint density at radius 3 is 2.57 bits per heavy atom. The van der Waals surface area contributed by atoms with Crippen molar-refractivity contribution < 1.29 is 9.59 Å². The lowest BCUT2D eigenvalue weighted by Gasteiger charge is -2.20. The van der Waals surface area contributed by atoms with Gasteiger partial charge in [-0.05, 0) is 20.8 Å². The van der Waals surface area contributed by atoms with E-state index in [4.69, 9.17) is 5.73 Å². The zero-order valence-corrected chi connectivity index (χ0v) is 13.4. The normalized spacial score (nSPS) is 11.2. The second-order valence-electron chi connectivity index (χ2n) is 4.84. The van der Waals surface area contributed by atoms with E-state index in [9.17, 15) is 9.59 Å². The number of hydrogen-bond acceptors (Lipinski definition) is 7. The van der Waals surface area contributed by atoms with Crippen LogP contribution < -0.4 is 16.6 Å². The van der Waals surface area contributed by atoms with E-state index in [0.717, 1.165) is 11.3 Å². The van der Waals surface area contributed by atoms with Crippen LogP contribution in [0.5, 0.6) is 0 Å². The fraction of sp³-hybridized carbons (Fsp3) is 0.333. The third-order valence-corrected chi connectivity index (χ3v) is 4.93. The summed E-state index contributed by atoms with van der Waals surface area (Å²) in [5.41, 5.74) is 10.0. The van der Waals surface area contributed by atoms with E-state index in [0.29, 0.717) is 20.7 Å². The number of rotatable bonds is 3. The molecule has 0 fully saturated rings. The minimum Gasteiger partial charge on any atom is -0.375 e. The van der Waals surface area contributed by atoms with Crippen LogP contribution in [-0.2, 0) is 10.2 Å². The monoisotopic (exact) mass is 325 g/mol. The number of aromatic nitrogens is 2. The Balaban J connectivity index is 2.01. The van der Waals surface area contributed by atoms with Gasteiger partial charge >= 0.3 is 0 Å². The van der Waals surface area contributed by atoms with E-state index in [-0.39, 0.29) is 5.91 Å². The van der Waals surface area contributed by atoms with E-state index >= 15 is 0 Å². The maximum absolute atomic E-state index is 12.2. The molecule has 0 aromatic carbocycles. The number of anilines is 1. The summed E-state index contributed by atoms with van der Waals surface area (Å²) >= 11 is 2.46. The number of nitrogens with two attached hydrogens (primary N) is 1. The van der Waals surface area contributed by atoms with E-state index < -0.39 is 11.3 Å². The van der Waals surface area contributed by atoms with Crippen molar-refractivity contribution in [3.05, 3.63) is 27.2 Å². The molecule has 0 aliphatic heterocycles. The van der Waals surface area contributed by atoms with Gasteiger partial charge < -0.3 is 5.73 Å². The highest BCUT2D eigenvalue weighted by Gasteiger charge is 2.32. The van der Waals surface area contributed by atoms with Gasteiger partial charge in [0.05, 0.1) is 11.1 Å². The van der Waals surface area contributed by atoms with Crippen LogP contribution in [0.2, 0.25) is 0 Å². The average Bonchev–Trinajstić information content (AvgIpc) is 3.05. The molecule has 2 rings (SSSR count). The molecule has 0 saturated heterocycles. The van der Waals surface area contributed by atoms with Crippen LogP contribution >= 0.6 is 22.7 Å². The van der Waals surface area contributed by atoms with Gasteiger partial charge in [0.1, 0.15) is 9.88 Å². The first-order valence-electron chi connectivity index (χ1n) is 6.06. The van der Waals surface area contributed by atoms with E-state index in [1.54, 1.807) is 32.3 Å². The molecule has 2 heterocycles. The van der Waals surface area contributed by atoms with Crippen LogP contribution in [0.1, 0.15) is 34.2 Å². The number of carbonyl (C=O) groups is 2. The number of nitrogen functional groups attached to an aromatic ring is 1. The molecule has 21 heavy (non-hydrogen) atoms.